The molecule has 0 N–H and O–H groups in total. The van der Waals surface area contributed by atoms with Gasteiger partial charge in [0, 0.05) is 17.9 Å². The molecule has 5 heteroatoms. The smallest absolute Gasteiger partial charge is 0.245 e. The van der Waals surface area contributed by atoms with Crippen LogP contribution in [0.3, 0.4) is 0 Å². The number of piperidine rings is 1. The molecule has 0 aliphatic carbocycles. The Hall–Kier alpha value is -1.23. The van der Waals surface area contributed by atoms with E-state index in [4.69, 9.17) is 0 Å². The molecule has 1 saturated heterocycles. The maximum atomic E-state index is 4.56. The summed E-state index contributed by atoms with van der Waals surface area (Å²) in [5.41, 5.74) is 1.77. The van der Waals surface area contributed by atoms with Crippen LogP contribution in [-0.2, 0) is 0 Å². The van der Waals surface area contributed by atoms with Crippen LogP contribution in [0.4, 0.5) is 5.95 Å². The highest BCUT2D eigenvalue weighted by atomic mass is 79.9. The number of benzene rings is 1. The molecule has 0 unspecified atom stereocenters. The van der Waals surface area contributed by atoms with Crippen molar-refractivity contribution in [1.29, 1.82) is 0 Å². The Morgan fingerprint density at radius 3 is 2.53 bits per heavy atom. The van der Waals surface area contributed by atoms with Crippen LogP contribution in [0.5, 0.6) is 0 Å². The lowest BCUT2D eigenvalue weighted by molar-refractivity contribution is 0.584. The summed E-state index contributed by atoms with van der Waals surface area (Å²) < 4.78 is 0. The van der Waals surface area contributed by atoms with Crippen molar-refractivity contribution < 1.29 is 0 Å². The minimum Gasteiger partial charge on any atom is -0.339 e. The predicted octanol–water partition coefficient (Wildman–Crippen LogP) is 2.39. The molecule has 3 rings (SSSR count). The van der Waals surface area contributed by atoms with Crippen LogP contribution in [0.15, 0.2) is 24.3 Å². The van der Waals surface area contributed by atoms with E-state index in [9.17, 15) is 0 Å². The first-order valence-corrected chi connectivity index (χ1v) is 6.73. The summed E-state index contributed by atoms with van der Waals surface area (Å²) >= 11 is 3.64. The number of alkyl halides is 1. The van der Waals surface area contributed by atoms with Gasteiger partial charge in [-0.15, -0.1) is 10.2 Å². The molecule has 1 aliphatic rings. The third-order valence-corrected chi connectivity index (χ3v) is 3.97. The molecule has 2 aromatic rings. The van der Waals surface area contributed by atoms with Gasteiger partial charge in [-0.05, 0) is 25.0 Å². The number of rotatable bonds is 1. The van der Waals surface area contributed by atoms with Crippen molar-refractivity contribution in [2.24, 2.45) is 0 Å². The molecule has 1 fully saturated rings. The molecule has 0 atom stereocenters. The fourth-order valence-corrected chi connectivity index (χ4v) is 2.46. The first-order chi connectivity index (χ1) is 8.33. The summed E-state index contributed by atoms with van der Waals surface area (Å²) in [6.07, 6.45) is 2.27. The molecular formula is C12H13BrN4. The Kier molecular flexibility index (Phi) is 2.93. The van der Waals surface area contributed by atoms with Gasteiger partial charge in [0.15, 0.2) is 0 Å². The van der Waals surface area contributed by atoms with Crippen LogP contribution >= 0.6 is 15.9 Å². The normalized spacial score (nSPS) is 17.6. The van der Waals surface area contributed by atoms with Crippen LogP contribution in [0.2, 0.25) is 0 Å². The number of halogens is 1. The van der Waals surface area contributed by atoms with E-state index in [0.717, 1.165) is 42.9 Å². The van der Waals surface area contributed by atoms with Gasteiger partial charge in [-0.1, -0.05) is 28.1 Å². The molecule has 17 heavy (non-hydrogen) atoms. The van der Waals surface area contributed by atoms with Crippen molar-refractivity contribution >= 4 is 32.9 Å². The van der Waals surface area contributed by atoms with Gasteiger partial charge >= 0.3 is 0 Å². The molecule has 0 spiro atoms. The molecule has 1 aromatic heterocycles. The second-order valence-electron chi connectivity index (χ2n) is 4.26. The van der Waals surface area contributed by atoms with E-state index in [-0.39, 0.29) is 0 Å². The van der Waals surface area contributed by atoms with E-state index in [1.54, 1.807) is 0 Å². The molecule has 1 aromatic carbocycles. The number of hydrogen-bond donors (Lipinski definition) is 0. The van der Waals surface area contributed by atoms with E-state index < -0.39 is 0 Å². The first-order valence-electron chi connectivity index (χ1n) is 5.81. The molecule has 0 amide bonds. The van der Waals surface area contributed by atoms with Crippen molar-refractivity contribution in [2.75, 3.05) is 18.0 Å². The van der Waals surface area contributed by atoms with Crippen molar-refractivity contribution in [2.45, 2.75) is 17.7 Å². The minimum absolute atomic E-state index is 0.632. The molecular weight excluding hydrogens is 280 g/mol. The van der Waals surface area contributed by atoms with Crippen molar-refractivity contribution in [3.05, 3.63) is 24.3 Å². The zero-order chi connectivity index (χ0) is 11.7. The highest BCUT2D eigenvalue weighted by molar-refractivity contribution is 9.09. The van der Waals surface area contributed by atoms with Gasteiger partial charge in [-0.25, -0.2) is 4.98 Å². The lowest BCUT2D eigenvalue weighted by Crippen LogP contribution is -2.35. The fourth-order valence-electron chi connectivity index (χ4n) is 2.05. The third kappa shape index (κ3) is 2.24. The molecule has 2 heterocycles. The summed E-state index contributed by atoms with van der Waals surface area (Å²) in [4.78, 5) is 7.40. The van der Waals surface area contributed by atoms with Crippen LogP contribution in [0.25, 0.3) is 11.0 Å². The van der Waals surface area contributed by atoms with Crippen molar-refractivity contribution in [3.8, 4) is 0 Å². The average Bonchev–Trinajstić information content (AvgIpc) is 2.39. The number of para-hydroxylation sites is 1. The molecule has 0 radical (unpaired) electrons. The summed E-state index contributed by atoms with van der Waals surface area (Å²) in [6, 6.07) is 7.84. The second-order valence-corrected chi connectivity index (χ2v) is 5.56. The highest BCUT2D eigenvalue weighted by Crippen LogP contribution is 2.21. The van der Waals surface area contributed by atoms with Crippen molar-refractivity contribution in [1.82, 2.24) is 15.2 Å². The Bertz CT molecular complexity index is 523. The van der Waals surface area contributed by atoms with Gasteiger partial charge < -0.3 is 4.90 Å². The van der Waals surface area contributed by atoms with E-state index >= 15 is 0 Å². The summed E-state index contributed by atoms with van der Waals surface area (Å²) in [5.74, 6) is 0.753. The minimum atomic E-state index is 0.632. The second kappa shape index (κ2) is 4.56. The lowest BCUT2D eigenvalue weighted by atomic mass is 10.1. The third-order valence-electron chi connectivity index (χ3n) is 3.06. The Morgan fingerprint density at radius 2 is 1.76 bits per heavy atom. The quantitative estimate of drug-likeness (QED) is 0.757. The first kappa shape index (κ1) is 10.9. The molecule has 0 bridgehead atoms. The standard InChI is InChI=1S/C12H13BrN4/c13-9-5-7-17(8-6-9)12-14-10-3-1-2-4-11(10)15-16-12/h1-4,9H,5-8H2. The number of fused-ring (bicyclic) bond motifs is 1. The number of aromatic nitrogens is 3. The zero-order valence-corrected chi connectivity index (χ0v) is 11.0. The molecule has 0 saturated carbocycles. The largest absolute Gasteiger partial charge is 0.339 e. The summed E-state index contributed by atoms with van der Waals surface area (Å²) in [7, 11) is 0. The Balaban J connectivity index is 1.90. The molecule has 88 valence electrons. The van der Waals surface area contributed by atoms with Gasteiger partial charge in [0.1, 0.15) is 5.52 Å². The Morgan fingerprint density at radius 1 is 1.06 bits per heavy atom. The van der Waals surface area contributed by atoms with Gasteiger partial charge in [-0.3, -0.25) is 0 Å². The van der Waals surface area contributed by atoms with Crippen LogP contribution in [0.1, 0.15) is 12.8 Å². The highest BCUT2D eigenvalue weighted by Gasteiger charge is 2.19. The van der Waals surface area contributed by atoms with Gasteiger partial charge in [0.25, 0.3) is 0 Å². The van der Waals surface area contributed by atoms with Gasteiger partial charge in [0.2, 0.25) is 5.95 Å². The maximum Gasteiger partial charge on any atom is 0.245 e. The zero-order valence-electron chi connectivity index (χ0n) is 9.38. The predicted molar refractivity (Wildman–Crippen MR) is 71.5 cm³/mol. The van der Waals surface area contributed by atoms with Crippen LogP contribution < -0.4 is 4.90 Å². The monoisotopic (exact) mass is 292 g/mol. The Labute approximate surface area is 108 Å². The van der Waals surface area contributed by atoms with Gasteiger partial charge in [-0.2, -0.15) is 0 Å². The number of anilines is 1. The molecule has 1 aliphatic heterocycles. The van der Waals surface area contributed by atoms with E-state index in [1.807, 2.05) is 24.3 Å². The SMILES string of the molecule is BrC1CCN(c2nnc3ccccc3n2)CC1. The van der Waals surface area contributed by atoms with Crippen LogP contribution in [-0.4, -0.2) is 33.1 Å². The summed E-state index contributed by atoms with van der Waals surface area (Å²) in [5, 5.41) is 8.41. The average molecular weight is 293 g/mol. The maximum absolute atomic E-state index is 4.56. The van der Waals surface area contributed by atoms with E-state index in [1.165, 1.54) is 0 Å². The van der Waals surface area contributed by atoms with E-state index in [0.29, 0.717) is 4.83 Å². The summed E-state index contributed by atoms with van der Waals surface area (Å²) in [6.45, 7) is 1.99. The van der Waals surface area contributed by atoms with Crippen molar-refractivity contribution in [3.63, 3.8) is 0 Å². The fraction of sp³-hybridized carbons (Fsp3) is 0.417. The molecule has 4 nitrogen and oxygen atoms in total. The number of nitrogens with zero attached hydrogens (tertiary/aromatic N) is 4. The van der Waals surface area contributed by atoms with Crippen LogP contribution in [0, 0.1) is 0 Å². The topological polar surface area (TPSA) is 41.9 Å². The lowest BCUT2D eigenvalue weighted by Gasteiger charge is -2.29. The van der Waals surface area contributed by atoms with Gasteiger partial charge in [0.05, 0.1) is 5.52 Å². The van der Waals surface area contributed by atoms with E-state index in [2.05, 4.69) is 36.0 Å². The number of hydrogen-bond acceptors (Lipinski definition) is 4.